The zero-order valence-corrected chi connectivity index (χ0v) is 19.0. The molecule has 172 valence electrons. The van der Waals surface area contributed by atoms with Gasteiger partial charge in [0.05, 0.1) is 18.5 Å². The molecule has 0 amide bonds. The van der Waals surface area contributed by atoms with Crippen LogP contribution in [0.15, 0.2) is 59.4 Å². The van der Waals surface area contributed by atoms with Crippen molar-refractivity contribution in [1.82, 2.24) is 14.9 Å². The number of H-pyrrole nitrogens is 1. The Hall–Kier alpha value is -3.30. The van der Waals surface area contributed by atoms with Crippen LogP contribution in [0.4, 0.5) is 8.78 Å². The van der Waals surface area contributed by atoms with Crippen molar-refractivity contribution in [3.05, 3.63) is 76.3 Å². The Balaban J connectivity index is 1.51. The van der Waals surface area contributed by atoms with E-state index in [1.807, 2.05) is 48.3 Å². The van der Waals surface area contributed by atoms with Crippen molar-refractivity contribution in [1.29, 1.82) is 0 Å². The number of thiophene rings is 1. The maximum atomic E-state index is 12.6. The van der Waals surface area contributed by atoms with Crippen molar-refractivity contribution in [3.8, 4) is 21.9 Å². The molecule has 4 rings (SSSR count). The Morgan fingerprint density at radius 3 is 2.61 bits per heavy atom. The van der Waals surface area contributed by atoms with Crippen LogP contribution < -0.4 is 15.0 Å². The molecule has 4 aromatic rings. The molecule has 2 heterocycles. The van der Waals surface area contributed by atoms with Gasteiger partial charge >= 0.3 is 6.61 Å². The monoisotopic (exact) mass is 471 g/mol. The number of rotatable bonds is 9. The predicted molar refractivity (Wildman–Crippen MR) is 125 cm³/mol. The summed E-state index contributed by atoms with van der Waals surface area (Å²) in [5.41, 5.74) is 1.73. The number of aromatic nitrogens is 2. The summed E-state index contributed by atoms with van der Waals surface area (Å²) in [6.07, 6.45) is 0. The summed E-state index contributed by atoms with van der Waals surface area (Å²) in [5.74, 6) is 0.824. The lowest BCUT2D eigenvalue weighted by molar-refractivity contribution is -0.0514. The largest absolute Gasteiger partial charge is 0.490 e. The van der Waals surface area contributed by atoms with Gasteiger partial charge in [0.2, 0.25) is 0 Å². The number of benzene rings is 2. The molecule has 1 N–H and O–H groups in total. The number of nitrogens with zero attached hydrogens (tertiary/aromatic N) is 2. The van der Waals surface area contributed by atoms with Gasteiger partial charge in [-0.2, -0.15) is 8.78 Å². The summed E-state index contributed by atoms with van der Waals surface area (Å²) < 4.78 is 35.2. The molecule has 0 spiro atoms. The number of nitrogens with one attached hydrogen (secondary N) is 1. The highest BCUT2D eigenvalue weighted by molar-refractivity contribution is 7.21. The van der Waals surface area contributed by atoms with Crippen molar-refractivity contribution in [2.24, 2.45) is 0 Å². The number of ether oxygens (including phenoxy) is 2. The van der Waals surface area contributed by atoms with Gasteiger partial charge in [-0.25, -0.2) is 4.98 Å². The summed E-state index contributed by atoms with van der Waals surface area (Å²) >= 11 is 1.48. The van der Waals surface area contributed by atoms with Crippen LogP contribution in [0, 0.1) is 0 Å². The molecule has 0 radical (unpaired) electrons. The van der Waals surface area contributed by atoms with Gasteiger partial charge in [-0.1, -0.05) is 36.4 Å². The maximum Gasteiger partial charge on any atom is 0.387 e. The van der Waals surface area contributed by atoms with Crippen LogP contribution in [0.1, 0.15) is 18.3 Å². The Morgan fingerprint density at radius 2 is 1.88 bits per heavy atom. The van der Waals surface area contributed by atoms with Crippen LogP contribution in [-0.2, 0) is 13.1 Å². The smallest absolute Gasteiger partial charge is 0.387 e. The van der Waals surface area contributed by atoms with E-state index in [2.05, 4.69) is 14.7 Å². The minimum absolute atomic E-state index is 0.00150. The van der Waals surface area contributed by atoms with Crippen LogP contribution in [0.5, 0.6) is 11.5 Å². The molecule has 33 heavy (non-hydrogen) atoms. The van der Waals surface area contributed by atoms with E-state index in [0.29, 0.717) is 35.7 Å². The summed E-state index contributed by atoms with van der Waals surface area (Å²) in [7, 11) is 1.89. The zero-order chi connectivity index (χ0) is 23.4. The Morgan fingerprint density at radius 1 is 1.09 bits per heavy atom. The molecule has 0 saturated carbocycles. The highest BCUT2D eigenvalue weighted by atomic mass is 32.1. The second-order valence-corrected chi connectivity index (χ2v) is 8.50. The molecule has 0 fully saturated rings. The second-order valence-electron chi connectivity index (χ2n) is 7.47. The predicted octanol–water partition coefficient (Wildman–Crippen LogP) is 5.28. The van der Waals surface area contributed by atoms with Gasteiger partial charge in [-0.15, -0.1) is 11.3 Å². The van der Waals surface area contributed by atoms with Gasteiger partial charge in [0.15, 0.2) is 11.5 Å². The molecule has 0 atom stereocenters. The molecule has 2 aromatic carbocycles. The molecule has 0 aliphatic heterocycles. The first-order valence-corrected chi connectivity index (χ1v) is 11.2. The number of fused-ring (bicyclic) bond motifs is 1. The Kier molecular flexibility index (Phi) is 7.00. The first kappa shape index (κ1) is 22.9. The number of halogens is 2. The summed E-state index contributed by atoms with van der Waals surface area (Å²) in [4.78, 5) is 23.8. The average molecular weight is 472 g/mol. The molecule has 6 nitrogen and oxygen atoms in total. The van der Waals surface area contributed by atoms with Crippen molar-refractivity contribution >= 4 is 21.6 Å². The molecule has 0 unspecified atom stereocenters. The SMILES string of the molecule is CCOc1cc(CN(C)Cc2nc3sc(-c4ccccc4)cc3c(=O)[nH]2)ccc1OC(F)F. The van der Waals surface area contributed by atoms with E-state index >= 15 is 0 Å². The fourth-order valence-corrected chi connectivity index (χ4v) is 4.59. The van der Waals surface area contributed by atoms with Crippen molar-refractivity contribution < 1.29 is 18.3 Å². The van der Waals surface area contributed by atoms with Gasteiger partial charge in [-0.3, -0.25) is 9.69 Å². The van der Waals surface area contributed by atoms with E-state index in [0.717, 1.165) is 16.0 Å². The van der Waals surface area contributed by atoms with Crippen LogP contribution in [0.2, 0.25) is 0 Å². The molecule has 9 heteroatoms. The highest BCUT2D eigenvalue weighted by Gasteiger charge is 2.14. The topological polar surface area (TPSA) is 67.5 Å². The average Bonchev–Trinajstić information content (AvgIpc) is 3.21. The van der Waals surface area contributed by atoms with E-state index in [1.54, 1.807) is 19.1 Å². The molecular formula is C24H23F2N3O3S. The van der Waals surface area contributed by atoms with Gasteiger partial charge < -0.3 is 14.5 Å². The number of hydrogen-bond donors (Lipinski definition) is 1. The quantitative estimate of drug-likeness (QED) is 0.360. The van der Waals surface area contributed by atoms with Gasteiger partial charge in [0, 0.05) is 11.4 Å². The summed E-state index contributed by atoms with van der Waals surface area (Å²) in [5, 5.41) is 0.571. The lowest BCUT2D eigenvalue weighted by Crippen LogP contribution is -2.21. The maximum absolute atomic E-state index is 12.6. The lowest BCUT2D eigenvalue weighted by Gasteiger charge is -2.18. The fourth-order valence-electron chi connectivity index (χ4n) is 3.53. The first-order valence-electron chi connectivity index (χ1n) is 10.4. The van der Waals surface area contributed by atoms with Crippen LogP contribution in [-0.4, -0.2) is 35.1 Å². The molecule has 2 aromatic heterocycles. The lowest BCUT2D eigenvalue weighted by atomic mass is 10.2. The third-order valence-corrected chi connectivity index (χ3v) is 5.98. The fraction of sp³-hybridized carbons (Fsp3) is 0.250. The van der Waals surface area contributed by atoms with Gasteiger partial charge in [0.1, 0.15) is 10.7 Å². The third kappa shape index (κ3) is 5.55. The minimum atomic E-state index is -2.92. The Labute approximate surface area is 193 Å². The van der Waals surface area contributed by atoms with Crippen molar-refractivity contribution in [3.63, 3.8) is 0 Å². The number of hydrogen-bond acceptors (Lipinski definition) is 6. The third-order valence-electron chi connectivity index (χ3n) is 4.91. The van der Waals surface area contributed by atoms with Crippen molar-refractivity contribution in [2.75, 3.05) is 13.7 Å². The van der Waals surface area contributed by atoms with Gasteiger partial charge in [-0.05, 0) is 43.3 Å². The summed E-state index contributed by atoms with van der Waals surface area (Å²) in [6, 6.07) is 16.6. The van der Waals surface area contributed by atoms with E-state index in [4.69, 9.17) is 4.74 Å². The highest BCUT2D eigenvalue weighted by Crippen LogP contribution is 2.32. The van der Waals surface area contributed by atoms with Crippen LogP contribution in [0.25, 0.3) is 20.7 Å². The van der Waals surface area contributed by atoms with E-state index in [9.17, 15) is 13.6 Å². The number of alkyl halides is 2. The summed E-state index contributed by atoms with van der Waals surface area (Å²) in [6.45, 7) is 0.0851. The van der Waals surface area contributed by atoms with Crippen LogP contribution in [0.3, 0.4) is 0 Å². The molecule has 0 bridgehead atoms. The van der Waals surface area contributed by atoms with Crippen LogP contribution >= 0.6 is 11.3 Å². The molecular weight excluding hydrogens is 448 g/mol. The van der Waals surface area contributed by atoms with E-state index in [-0.39, 0.29) is 17.1 Å². The zero-order valence-electron chi connectivity index (χ0n) is 18.2. The molecule has 0 saturated heterocycles. The standard InChI is InChI=1S/C24H23F2N3O3S/c1-3-31-19-11-15(9-10-18(19)32-24(25)26)13-29(2)14-21-27-22(30)17-12-20(33-23(17)28-21)16-7-5-4-6-8-16/h4-12,24H,3,13-14H2,1-2H3,(H,27,28,30). The normalized spacial score (nSPS) is 11.5. The molecule has 0 aliphatic rings. The van der Waals surface area contributed by atoms with Crippen molar-refractivity contribution in [2.45, 2.75) is 26.6 Å². The van der Waals surface area contributed by atoms with Gasteiger partial charge in [0.25, 0.3) is 5.56 Å². The minimum Gasteiger partial charge on any atom is -0.490 e. The number of aromatic amines is 1. The molecule has 0 aliphatic carbocycles. The van der Waals surface area contributed by atoms with E-state index < -0.39 is 6.61 Å². The van der Waals surface area contributed by atoms with E-state index in [1.165, 1.54) is 17.4 Å². The second kappa shape index (κ2) is 10.1. The Bertz CT molecular complexity index is 1290. The first-order chi connectivity index (χ1) is 15.9.